The van der Waals surface area contributed by atoms with Crippen molar-refractivity contribution >= 4 is 40.6 Å². The van der Waals surface area contributed by atoms with Crippen LogP contribution in [0.15, 0.2) is 47.4 Å². The van der Waals surface area contributed by atoms with Gasteiger partial charge in [-0.3, -0.25) is 14.5 Å². The first-order valence-corrected chi connectivity index (χ1v) is 12.0. The number of cyclic esters (lactones) is 1. The quantitative estimate of drug-likeness (QED) is 0.474. The van der Waals surface area contributed by atoms with Crippen LogP contribution in [0.4, 0.5) is 10.5 Å². The molecular formula is C24H24ClN3O5S. The van der Waals surface area contributed by atoms with Gasteiger partial charge in [-0.25, -0.2) is 4.79 Å². The highest BCUT2D eigenvalue weighted by atomic mass is 35.5. The van der Waals surface area contributed by atoms with Crippen molar-refractivity contribution in [2.75, 3.05) is 25.1 Å². The lowest BCUT2D eigenvalue weighted by atomic mass is 9.96. The number of carbonyl (C=O) groups excluding carboxylic acids is 2. The van der Waals surface area contributed by atoms with Gasteiger partial charge in [-0.05, 0) is 47.9 Å². The van der Waals surface area contributed by atoms with Gasteiger partial charge in [-0.2, -0.15) is 0 Å². The molecule has 1 aromatic carbocycles. The van der Waals surface area contributed by atoms with Gasteiger partial charge in [0.15, 0.2) is 5.75 Å². The summed E-state index contributed by atoms with van der Waals surface area (Å²) in [6.45, 7) is 2.57. The fraction of sp³-hybridized carbons (Fsp3) is 0.292. The van der Waals surface area contributed by atoms with E-state index in [-0.39, 0.29) is 23.8 Å². The van der Waals surface area contributed by atoms with Crippen LogP contribution in [0.3, 0.4) is 0 Å². The number of aryl methyl sites for hydroxylation is 1. The van der Waals surface area contributed by atoms with Crippen molar-refractivity contribution in [2.45, 2.75) is 25.9 Å². The summed E-state index contributed by atoms with van der Waals surface area (Å²) < 4.78 is 11.3. The highest BCUT2D eigenvalue weighted by Gasteiger charge is 2.33. The lowest BCUT2D eigenvalue weighted by molar-refractivity contribution is 0.0920. The topological polar surface area (TPSA) is 101 Å². The first-order valence-electron chi connectivity index (χ1n) is 10.8. The molecule has 4 rings (SSSR count). The Morgan fingerprint density at radius 3 is 2.79 bits per heavy atom. The zero-order valence-electron chi connectivity index (χ0n) is 18.7. The van der Waals surface area contributed by atoms with Crippen molar-refractivity contribution < 1.29 is 19.1 Å². The van der Waals surface area contributed by atoms with Gasteiger partial charge in [0.1, 0.15) is 6.10 Å². The number of nitrogens with zero attached hydrogens (tertiary/aromatic N) is 1. The van der Waals surface area contributed by atoms with Crippen LogP contribution >= 0.6 is 22.9 Å². The number of aromatic nitrogens is 1. The minimum atomic E-state index is -0.478. The Balaban J connectivity index is 1.52. The second-order valence-electron chi connectivity index (χ2n) is 7.78. The molecule has 0 spiro atoms. The Morgan fingerprint density at radius 2 is 2.09 bits per heavy atom. The second-order valence-corrected chi connectivity index (χ2v) is 9.49. The van der Waals surface area contributed by atoms with E-state index in [1.54, 1.807) is 29.3 Å². The molecular weight excluding hydrogens is 478 g/mol. The molecule has 0 radical (unpaired) electrons. The van der Waals surface area contributed by atoms with E-state index in [4.69, 9.17) is 21.1 Å². The third kappa shape index (κ3) is 4.95. The predicted molar refractivity (Wildman–Crippen MR) is 132 cm³/mol. The van der Waals surface area contributed by atoms with Crippen LogP contribution in [0.2, 0.25) is 4.34 Å². The molecule has 0 bridgehead atoms. The van der Waals surface area contributed by atoms with Crippen molar-refractivity contribution in [1.82, 2.24) is 10.3 Å². The number of benzene rings is 1. The third-order valence-corrected chi connectivity index (χ3v) is 6.72. The van der Waals surface area contributed by atoms with Crippen LogP contribution in [-0.4, -0.2) is 43.3 Å². The molecule has 34 heavy (non-hydrogen) atoms. The number of nitrogens with one attached hydrogen (secondary N) is 2. The zero-order chi connectivity index (χ0) is 24.2. The fourth-order valence-corrected chi connectivity index (χ4v) is 4.89. The second kappa shape index (κ2) is 10.3. The number of aromatic amines is 1. The monoisotopic (exact) mass is 501 g/mol. The Labute approximate surface area is 205 Å². The Hall–Kier alpha value is -3.30. The van der Waals surface area contributed by atoms with Gasteiger partial charge in [0, 0.05) is 17.4 Å². The number of methoxy groups -OCH3 is 1. The minimum absolute atomic E-state index is 0.195. The van der Waals surface area contributed by atoms with E-state index < -0.39 is 12.2 Å². The number of ether oxygens (including phenoxy) is 2. The average molecular weight is 502 g/mol. The summed E-state index contributed by atoms with van der Waals surface area (Å²) >= 11 is 7.08. The molecule has 1 aliphatic heterocycles. The summed E-state index contributed by atoms with van der Waals surface area (Å²) in [5.74, 6) is -0.0104. The van der Waals surface area contributed by atoms with Crippen LogP contribution in [0.25, 0.3) is 11.1 Å². The summed E-state index contributed by atoms with van der Waals surface area (Å²) in [5, 5.41) is 2.79. The highest BCUT2D eigenvalue weighted by molar-refractivity contribution is 7.18. The number of halogens is 1. The maximum Gasteiger partial charge on any atom is 0.414 e. The lowest BCUT2D eigenvalue weighted by Gasteiger charge is -2.18. The van der Waals surface area contributed by atoms with E-state index >= 15 is 0 Å². The number of H-pyrrole nitrogens is 1. The van der Waals surface area contributed by atoms with E-state index in [1.807, 2.05) is 18.2 Å². The molecule has 3 aromatic rings. The first kappa shape index (κ1) is 23.8. The minimum Gasteiger partial charge on any atom is -0.491 e. The number of hydrogen-bond donors (Lipinski definition) is 2. The van der Waals surface area contributed by atoms with Crippen molar-refractivity contribution in [3.05, 3.63) is 67.7 Å². The smallest absolute Gasteiger partial charge is 0.414 e. The largest absolute Gasteiger partial charge is 0.491 e. The van der Waals surface area contributed by atoms with E-state index in [9.17, 15) is 14.4 Å². The van der Waals surface area contributed by atoms with Crippen LogP contribution in [0, 0.1) is 0 Å². The molecule has 10 heteroatoms. The van der Waals surface area contributed by atoms with Crippen molar-refractivity contribution in [1.29, 1.82) is 0 Å². The van der Waals surface area contributed by atoms with Gasteiger partial charge in [0.25, 0.3) is 11.5 Å². The molecule has 0 unspecified atom stereocenters. The van der Waals surface area contributed by atoms with Gasteiger partial charge in [-0.1, -0.05) is 31.0 Å². The summed E-state index contributed by atoms with van der Waals surface area (Å²) in [4.78, 5) is 41.7. The molecule has 3 heterocycles. The van der Waals surface area contributed by atoms with Gasteiger partial charge >= 0.3 is 6.09 Å². The Morgan fingerprint density at radius 1 is 1.26 bits per heavy atom. The summed E-state index contributed by atoms with van der Waals surface area (Å²) in [6.07, 6.45) is 2.28. The Bertz CT molecular complexity index is 1270. The average Bonchev–Trinajstić information content (AvgIpc) is 3.43. The molecule has 0 aliphatic carbocycles. The molecule has 1 saturated heterocycles. The normalized spacial score (nSPS) is 15.3. The first-order chi connectivity index (χ1) is 16.4. The van der Waals surface area contributed by atoms with Gasteiger partial charge < -0.3 is 19.8 Å². The number of pyridine rings is 1. The van der Waals surface area contributed by atoms with E-state index in [1.165, 1.54) is 18.4 Å². The lowest BCUT2D eigenvalue weighted by Crippen LogP contribution is -2.34. The third-order valence-electron chi connectivity index (χ3n) is 5.49. The molecule has 2 N–H and O–H groups in total. The standard InChI is InChI=1S/C24H24ClN3O5S/c1-3-4-14-11-15(5-6-17(14)18-9-10-26-23(30)21(18)32-2)28-13-16(33-24(28)31)12-27-22(29)19-7-8-20(25)34-19/h5-11,16H,3-4,12-13H2,1-2H3,(H,26,30)(H,27,29)/t16-/m0/s1. The Kier molecular flexibility index (Phi) is 7.23. The number of thiophene rings is 1. The number of amides is 2. The molecule has 0 saturated carbocycles. The number of anilines is 1. The molecule has 1 aliphatic rings. The van der Waals surface area contributed by atoms with E-state index in [0.717, 1.165) is 24.0 Å². The molecule has 2 aromatic heterocycles. The molecule has 178 valence electrons. The van der Waals surface area contributed by atoms with Crippen LogP contribution in [0.5, 0.6) is 5.75 Å². The van der Waals surface area contributed by atoms with Gasteiger partial charge in [-0.15, -0.1) is 11.3 Å². The van der Waals surface area contributed by atoms with E-state index in [0.29, 0.717) is 27.0 Å². The molecule has 1 fully saturated rings. The van der Waals surface area contributed by atoms with Crippen LogP contribution in [0.1, 0.15) is 28.6 Å². The highest BCUT2D eigenvalue weighted by Crippen LogP contribution is 2.34. The predicted octanol–water partition coefficient (Wildman–Crippen LogP) is 4.47. The molecule has 8 nitrogen and oxygen atoms in total. The summed E-state index contributed by atoms with van der Waals surface area (Å²) in [7, 11) is 1.47. The zero-order valence-corrected chi connectivity index (χ0v) is 20.3. The molecule has 2 amide bonds. The summed E-state index contributed by atoms with van der Waals surface area (Å²) in [5.41, 5.74) is 2.95. The van der Waals surface area contributed by atoms with Crippen molar-refractivity contribution in [3.8, 4) is 16.9 Å². The van der Waals surface area contributed by atoms with Gasteiger partial charge in [0.05, 0.1) is 29.4 Å². The fourth-order valence-electron chi connectivity index (χ4n) is 3.93. The number of hydrogen-bond acceptors (Lipinski definition) is 6. The SMILES string of the molecule is CCCc1cc(N2C[C@H](CNC(=O)c3ccc(Cl)s3)OC2=O)ccc1-c1cc[nH]c(=O)c1OC. The summed E-state index contributed by atoms with van der Waals surface area (Å²) in [6, 6.07) is 10.8. The number of carbonyl (C=O) groups is 2. The molecule has 1 atom stereocenters. The number of rotatable bonds is 8. The van der Waals surface area contributed by atoms with Crippen LogP contribution in [-0.2, 0) is 11.2 Å². The van der Waals surface area contributed by atoms with Crippen LogP contribution < -0.4 is 20.5 Å². The van der Waals surface area contributed by atoms with Crippen molar-refractivity contribution in [2.24, 2.45) is 0 Å². The van der Waals surface area contributed by atoms with Gasteiger partial charge in [0.2, 0.25) is 0 Å². The maximum absolute atomic E-state index is 12.6. The van der Waals surface area contributed by atoms with Crippen molar-refractivity contribution in [3.63, 3.8) is 0 Å². The van der Waals surface area contributed by atoms with E-state index in [2.05, 4.69) is 17.2 Å². The maximum atomic E-state index is 12.6.